The van der Waals surface area contributed by atoms with E-state index in [-0.39, 0.29) is 32.5 Å². The van der Waals surface area contributed by atoms with Crippen molar-refractivity contribution in [3.8, 4) is 0 Å². The third kappa shape index (κ3) is 2.51. The van der Waals surface area contributed by atoms with Crippen LogP contribution in [0.15, 0.2) is 36.4 Å². The molecule has 0 spiro atoms. The van der Waals surface area contributed by atoms with Crippen molar-refractivity contribution in [1.29, 1.82) is 0 Å². The summed E-state index contributed by atoms with van der Waals surface area (Å²) in [5.74, 6) is 0. The molecule has 0 aliphatic carbocycles. The molecule has 0 heterocycles. The van der Waals surface area contributed by atoms with Crippen molar-refractivity contribution in [3.05, 3.63) is 58.7 Å². The molecule has 0 amide bonds. The van der Waals surface area contributed by atoms with Gasteiger partial charge in [0, 0.05) is 20.1 Å². The van der Waals surface area contributed by atoms with E-state index in [1.165, 1.54) is 43.8 Å². The van der Waals surface area contributed by atoms with Gasteiger partial charge in [-0.1, -0.05) is 36.4 Å². The van der Waals surface area contributed by atoms with E-state index in [2.05, 4.69) is 64.1 Å². The second-order valence-corrected chi connectivity index (χ2v) is 5.27. The van der Waals surface area contributed by atoms with Gasteiger partial charge in [0.2, 0.25) is 0 Å². The van der Waals surface area contributed by atoms with Gasteiger partial charge in [0.05, 0.1) is 0 Å². The molecule has 0 aliphatic rings. The van der Waals surface area contributed by atoms with E-state index in [1.807, 2.05) is 0 Å². The summed E-state index contributed by atoms with van der Waals surface area (Å²) in [6.07, 6.45) is 0. The molecular weight excluding hydrogens is 444 g/mol. The van der Waals surface area contributed by atoms with Crippen LogP contribution in [-0.2, 0) is 20.1 Å². The first-order chi connectivity index (χ1) is 8.59. The number of hydrogen-bond acceptors (Lipinski definition) is 0. The summed E-state index contributed by atoms with van der Waals surface area (Å²) < 4.78 is 0. The van der Waals surface area contributed by atoms with Crippen molar-refractivity contribution in [3.63, 3.8) is 0 Å². The van der Waals surface area contributed by atoms with Crippen LogP contribution in [0.5, 0.6) is 0 Å². The number of benzene rings is 3. The predicted molar refractivity (Wildman–Crippen MR) is 80.4 cm³/mol. The monoisotopic (exact) mass is 462 g/mol. The van der Waals surface area contributed by atoms with Gasteiger partial charge in [-0.15, -0.1) is 0 Å². The SMILES string of the molecule is Cc1ccc2c(ccc3ccc(C)c(C)c32)c1C.[Cl-].[Ir]. The molecule has 0 aliphatic heterocycles. The Balaban J connectivity index is 0.000001000. The second kappa shape index (κ2) is 6.26. The Morgan fingerprint density at radius 1 is 0.600 bits per heavy atom. The van der Waals surface area contributed by atoms with Crippen LogP contribution in [0, 0.1) is 27.7 Å². The maximum atomic E-state index is 2.27. The largest absolute Gasteiger partial charge is 1.00 e. The molecule has 0 bridgehead atoms. The van der Waals surface area contributed by atoms with Crippen LogP contribution in [-0.4, -0.2) is 0 Å². The van der Waals surface area contributed by atoms with Crippen molar-refractivity contribution in [2.45, 2.75) is 27.7 Å². The maximum Gasteiger partial charge on any atom is 0 e. The molecule has 20 heavy (non-hydrogen) atoms. The second-order valence-electron chi connectivity index (χ2n) is 5.27. The summed E-state index contributed by atoms with van der Waals surface area (Å²) in [7, 11) is 0. The van der Waals surface area contributed by atoms with Crippen molar-refractivity contribution < 1.29 is 32.5 Å². The molecule has 0 nitrogen and oxygen atoms in total. The maximum absolute atomic E-state index is 2.27. The summed E-state index contributed by atoms with van der Waals surface area (Å²) in [5, 5.41) is 5.53. The minimum absolute atomic E-state index is 0. The Kier molecular flexibility index (Phi) is 5.38. The van der Waals surface area contributed by atoms with Crippen molar-refractivity contribution >= 4 is 21.5 Å². The fourth-order valence-electron chi connectivity index (χ4n) is 2.78. The fraction of sp³-hybridized carbons (Fsp3) is 0.222. The normalized spacial score (nSPS) is 10.2. The van der Waals surface area contributed by atoms with Crippen LogP contribution >= 0.6 is 0 Å². The standard InChI is InChI=1S/C18H18.ClH.Ir/c1-11-6-9-17-16(13(11)3)10-8-15-7-5-12(2)14(4)18(15)17;;/h5-10H,1-4H3;1H;/p-1. The van der Waals surface area contributed by atoms with Crippen LogP contribution in [0.4, 0.5) is 0 Å². The van der Waals surface area contributed by atoms with Crippen LogP contribution in [0.3, 0.4) is 0 Å². The minimum Gasteiger partial charge on any atom is -1.00 e. The number of fused-ring (bicyclic) bond motifs is 3. The zero-order valence-electron chi connectivity index (χ0n) is 12.2. The first kappa shape index (κ1) is 17.2. The molecule has 1 radical (unpaired) electrons. The number of rotatable bonds is 0. The summed E-state index contributed by atoms with van der Waals surface area (Å²) in [6.45, 7) is 8.82. The summed E-state index contributed by atoms with van der Waals surface area (Å²) in [4.78, 5) is 0. The zero-order chi connectivity index (χ0) is 12.9. The summed E-state index contributed by atoms with van der Waals surface area (Å²) >= 11 is 0. The van der Waals surface area contributed by atoms with Crippen molar-refractivity contribution in [2.24, 2.45) is 0 Å². The van der Waals surface area contributed by atoms with Gasteiger partial charge in [0.25, 0.3) is 0 Å². The van der Waals surface area contributed by atoms with Gasteiger partial charge < -0.3 is 12.4 Å². The molecule has 0 N–H and O–H groups in total. The van der Waals surface area contributed by atoms with E-state index in [0.717, 1.165) is 0 Å². The molecule has 107 valence electrons. The molecule has 0 fully saturated rings. The van der Waals surface area contributed by atoms with E-state index in [4.69, 9.17) is 0 Å². The first-order valence-electron chi connectivity index (χ1n) is 6.48. The third-order valence-electron chi connectivity index (χ3n) is 4.25. The molecule has 3 aromatic rings. The Hall–Kier alpha value is -0.881. The minimum atomic E-state index is 0. The van der Waals surface area contributed by atoms with Gasteiger partial charge in [-0.3, -0.25) is 0 Å². The van der Waals surface area contributed by atoms with E-state index in [0.29, 0.717) is 0 Å². The molecule has 3 aromatic carbocycles. The van der Waals surface area contributed by atoms with Gasteiger partial charge >= 0.3 is 0 Å². The van der Waals surface area contributed by atoms with E-state index < -0.39 is 0 Å². The average Bonchev–Trinajstić information content (AvgIpc) is 2.37. The molecular formula is C18H18ClIr-. The average molecular weight is 462 g/mol. The Morgan fingerprint density at radius 2 is 1.10 bits per heavy atom. The van der Waals surface area contributed by atoms with Crippen LogP contribution in [0.1, 0.15) is 22.3 Å². The molecule has 0 aromatic heterocycles. The van der Waals surface area contributed by atoms with Gasteiger partial charge in [0.1, 0.15) is 0 Å². The Morgan fingerprint density at radius 3 is 1.80 bits per heavy atom. The van der Waals surface area contributed by atoms with Gasteiger partial charge in [-0.2, -0.15) is 0 Å². The van der Waals surface area contributed by atoms with Crippen LogP contribution in [0.2, 0.25) is 0 Å². The van der Waals surface area contributed by atoms with Crippen LogP contribution < -0.4 is 12.4 Å². The summed E-state index contributed by atoms with van der Waals surface area (Å²) in [5.41, 5.74) is 5.54. The Labute approximate surface area is 140 Å². The third-order valence-corrected chi connectivity index (χ3v) is 4.25. The molecule has 0 atom stereocenters. The smallest absolute Gasteiger partial charge is 0 e. The number of halogens is 1. The van der Waals surface area contributed by atoms with Gasteiger partial charge in [-0.05, 0) is 71.5 Å². The topological polar surface area (TPSA) is 0 Å². The quantitative estimate of drug-likeness (QED) is 0.450. The van der Waals surface area contributed by atoms with Gasteiger partial charge in [0.15, 0.2) is 0 Å². The predicted octanol–water partition coefficient (Wildman–Crippen LogP) is 2.23. The number of aryl methyl sites for hydroxylation is 4. The van der Waals surface area contributed by atoms with E-state index in [9.17, 15) is 0 Å². The van der Waals surface area contributed by atoms with E-state index in [1.54, 1.807) is 0 Å². The molecule has 3 rings (SSSR count). The molecule has 0 saturated carbocycles. The fourth-order valence-corrected chi connectivity index (χ4v) is 2.78. The number of hydrogen-bond donors (Lipinski definition) is 0. The van der Waals surface area contributed by atoms with Crippen molar-refractivity contribution in [2.75, 3.05) is 0 Å². The van der Waals surface area contributed by atoms with Gasteiger partial charge in [-0.25, -0.2) is 0 Å². The molecule has 0 unspecified atom stereocenters. The van der Waals surface area contributed by atoms with E-state index >= 15 is 0 Å². The Bertz CT molecular complexity index is 775. The first-order valence-corrected chi connectivity index (χ1v) is 6.48. The van der Waals surface area contributed by atoms with Crippen LogP contribution in [0.25, 0.3) is 21.5 Å². The molecule has 2 heteroatoms. The molecule has 0 saturated heterocycles. The summed E-state index contributed by atoms with van der Waals surface area (Å²) in [6, 6.07) is 13.5. The zero-order valence-corrected chi connectivity index (χ0v) is 15.3. The van der Waals surface area contributed by atoms with Crippen molar-refractivity contribution in [1.82, 2.24) is 0 Å².